The lowest BCUT2D eigenvalue weighted by molar-refractivity contribution is -0.133. The van der Waals surface area contributed by atoms with Crippen LogP contribution in [-0.2, 0) is 9.59 Å². The molecule has 20 heavy (non-hydrogen) atoms. The van der Waals surface area contributed by atoms with Crippen molar-refractivity contribution in [1.82, 2.24) is 0 Å². The molecule has 0 unspecified atom stereocenters. The smallest absolute Gasteiger partial charge is 0.330 e. The van der Waals surface area contributed by atoms with Crippen molar-refractivity contribution in [2.45, 2.75) is 13.8 Å². The van der Waals surface area contributed by atoms with Crippen LogP contribution in [0.5, 0.6) is 0 Å². The van der Waals surface area contributed by atoms with Crippen LogP contribution < -0.4 is 22.9 Å². The first-order valence-corrected chi connectivity index (χ1v) is 4.63. The first-order chi connectivity index (χ1) is 8.75. The quantitative estimate of drug-likeness (QED) is 0.363. The minimum absolute atomic E-state index is 0.176. The number of urea groups is 2. The molecule has 0 spiro atoms. The van der Waals surface area contributed by atoms with Crippen molar-refractivity contribution in [3.8, 4) is 0 Å². The van der Waals surface area contributed by atoms with Crippen molar-refractivity contribution in [1.29, 1.82) is 0 Å². The van der Waals surface area contributed by atoms with Crippen molar-refractivity contribution >= 4 is 24.0 Å². The molecule has 0 aromatic heterocycles. The largest absolute Gasteiger partial charge is 0.478 e. The predicted octanol–water partition coefficient (Wildman–Crippen LogP) is -0.658. The van der Waals surface area contributed by atoms with Crippen molar-refractivity contribution in [2.75, 3.05) is 0 Å². The number of carboxylic acid groups (broad SMARTS) is 2. The molecule has 0 aliphatic rings. The molecule has 0 heterocycles. The van der Waals surface area contributed by atoms with Gasteiger partial charge in [0.2, 0.25) is 0 Å². The minimum atomic E-state index is -0.935. The van der Waals surface area contributed by atoms with Crippen molar-refractivity contribution in [3.05, 3.63) is 24.3 Å². The summed E-state index contributed by atoms with van der Waals surface area (Å²) in [6, 6.07) is -1.67. The molecule has 4 amide bonds. The zero-order valence-electron chi connectivity index (χ0n) is 11.3. The van der Waals surface area contributed by atoms with Crippen LogP contribution in [0.1, 0.15) is 13.8 Å². The predicted molar refractivity (Wildman–Crippen MR) is 72.4 cm³/mol. The van der Waals surface area contributed by atoms with Crippen LogP contribution in [0.15, 0.2) is 24.3 Å². The van der Waals surface area contributed by atoms with Gasteiger partial charge < -0.3 is 33.1 Å². The topological polar surface area (TPSA) is 213 Å². The van der Waals surface area contributed by atoms with Crippen LogP contribution in [0, 0.1) is 0 Å². The van der Waals surface area contributed by atoms with E-state index in [-0.39, 0.29) is 11.1 Å². The zero-order chi connectivity index (χ0) is 17.5. The molecule has 0 atom stereocenters. The van der Waals surface area contributed by atoms with Gasteiger partial charge in [0.15, 0.2) is 0 Å². The highest BCUT2D eigenvalue weighted by molar-refractivity contribution is 5.85. The second-order valence-electron chi connectivity index (χ2n) is 2.98. The van der Waals surface area contributed by atoms with Gasteiger partial charge in [-0.05, 0) is 13.8 Å². The summed E-state index contributed by atoms with van der Waals surface area (Å²) >= 11 is 0. The number of carboxylic acids is 2. The third-order valence-corrected chi connectivity index (χ3v) is 0.730. The maximum atomic E-state index is 9.60. The zero-order valence-corrected chi connectivity index (χ0v) is 11.3. The summed E-state index contributed by atoms with van der Waals surface area (Å²) in [6.07, 6.45) is 0. The highest BCUT2D eigenvalue weighted by Gasteiger charge is 1.90. The maximum absolute atomic E-state index is 9.60. The molecule has 116 valence electrons. The Hall–Kier alpha value is -3.04. The van der Waals surface area contributed by atoms with Gasteiger partial charge >= 0.3 is 24.0 Å². The number of hydrogen-bond donors (Lipinski definition) is 6. The summed E-state index contributed by atoms with van der Waals surface area (Å²) in [5.74, 6) is -1.87. The summed E-state index contributed by atoms with van der Waals surface area (Å²) in [5.41, 5.74) is 17.4. The van der Waals surface area contributed by atoms with Crippen LogP contribution in [0.25, 0.3) is 0 Å². The maximum Gasteiger partial charge on any atom is 0.330 e. The normalized spacial score (nSPS) is 6.90. The van der Waals surface area contributed by atoms with Gasteiger partial charge in [-0.1, -0.05) is 13.2 Å². The fourth-order valence-electron chi connectivity index (χ4n) is 0. The Bertz CT molecular complexity index is 310. The standard InChI is InChI=1S/2C4H6O2.2CH4N2O/c2*1-3(2)4(5)6;2*2-1(3)4/h2*1H2,2H3,(H,5,6);2*(H4,2,3,4). The molecule has 0 fully saturated rings. The third kappa shape index (κ3) is 119. The Balaban J connectivity index is -0.0000000871. The van der Waals surface area contributed by atoms with E-state index in [1.54, 1.807) is 0 Å². The van der Waals surface area contributed by atoms with E-state index in [4.69, 9.17) is 19.8 Å². The summed E-state index contributed by atoms with van der Waals surface area (Å²) in [6.45, 7) is 9.20. The van der Waals surface area contributed by atoms with Gasteiger partial charge in [-0.2, -0.15) is 0 Å². The first kappa shape index (κ1) is 25.7. The molecular weight excluding hydrogens is 272 g/mol. The molecule has 0 saturated heterocycles. The first-order valence-electron chi connectivity index (χ1n) is 4.63. The fourth-order valence-corrected chi connectivity index (χ4v) is 0. The summed E-state index contributed by atoms with van der Waals surface area (Å²) in [5, 5.41) is 15.8. The number of aliphatic carboxylic acids is 2. The minimum Gasteiger partial charge on any atom is -0.478 e. The molecule has 0 bridgehead atoms. The highest BCUT2D eigenvalue weighted by Crippen LogP contribution is 1.81. The van der Waals surface area contributed by atoms with Crippen LogP contribution >= 0.6 is 0 Å². The number of nitrogens with two attached hydrogens (primary N) is 4. The monoisotopic (exact) mass is 292 g/mol. The third-order valence-electron chi connectivity index (χ3n) is 0.730. The summed E-state index contributed by atoms with van der Waals surface area (Å²) in [4.78, 5) is 37.2. The Morgan fingerprint density at radius 2 is 0.750 bits per heavy atom. The second kappa shape index (κ2) is 16.0. The summed E-state index contributed by atoms with van der Waals surface area (Å²) in [7, 11) is 0. The average molecular weight is 292 g/mol. The Morgan fingerprint density at radius 1 is 0.700 bits per heavy atom. The number of primary amides is 4. The van der Waals surface area contributed by atoms with E-state index in [2.05, 4.69) is 36.1 Å². The number of carbonyl (C=O) groups is 4. The Labute approximate surface area is 115 Å². The van der Waals surface area contributed by atoms with E-state index in [0.717, 1.165) is 0 Å². The molecule has 0 saturated carbocycles. The molecule has 0 rings (SSSR count). The average Bonchev–Trinajstić information content (AvgIpc) is 2.15. The second-order valence-corrected chi connectivity index (χ2v) is 2.98. The molecule has 0 radical (unpaired) electrons. The molecule has 10 heteroatoms. The molecule has 0 aromatic carbocycles. The number of hydrogen-bond acceptors (Lipinski definition) is 4. The summed E-state index contributed by atoms with van der Waals surface area (Å²) < 4.78 is 0. The lowest BCUT2D eigenvalue weighted by Gasteiger charge is -1.79. The van der Waals surface area contributed by atoms with Crippen molar-refractivity contribution in [2.24, 2.45) is 22.9 Å². The van der Waals surface area contributed by atoms with E-state index in [1.807, 2.05) is 0 Å². The number of rotatable bonds is 2. The van der Waals surface area contributed by atoms with Gasteiger partial charge in [-0.3, -0.25) is 0 Å². The molecule has 0 aliphatic carbocycles. The Morgan fingerprint density at radius 3 is 0.750 bits per heavy atom. The number of carbonyl (C=O) groups excluding carboxylic acids is 2. The van der Waals surface area contributed by atoms with Gasteiger partial charge in [0.05, 0.1) is 0 Å². The van der Waals surface area contributed by atoms with E-state index in [0.29, 0.717) is 0 Å². The molecule has 10 nitrogen and oxygen atoms in total. The van der Waals surface area contributed by atoms with E-state index in [1.165, 1.54) is 13.8 Å². The lowest BCUT2D eigenvalue weighted by atomic mass is 10.4. The number of amides is 4. The molecule has 10 N–H and O–H groups in total. The van der Waals surface area contributed by atoms with Gasteiger partial charge in [0.1, 0.15) is 0 Å². The van der Waals surface area contributed by atoms with Crippen LogP contribution in [-0.4, -0.2) is 34.2 Å². The van der Waals surface area contributed by atoms with Crippen LogP contribution in [0.3, 0.4) is 0 Å². The van der Waals surface area contributed by atoms with Crippen LogP contribution in [0.2, 0.25) is 0 Å². The van der Waals surface area contributed by atoms with E-state index >= 15 is 0 Å². The van der Waals surface area contributed by atoms with Crippen molar-refractivity contribution in [3.63, 3.8) is 0 Å². The van der Waals surface area contributed by atoms with Gasteiger partial charge in [0, 0.05) is 11.1 Å². The molecule has 0 aliphatic heterocycles. The van der Waals surface area contributed by atoms with E-state index < -0.39 is 24.0 Å². The SMILES string of the molecule is C=C(C)C(=O)O.C=C(C)C(=O)O.NC(N)=O.NC(N)=O. The lowest BCUT2D eigenvalue weighted by Crippen LogP contribution is -2.18. The van der Waals surface area contributed by atoms with Gasteiger partial charge in [-0.15, -0.1) is 0 Å². The highest BCUT2D eigenvalue weighted by atomic mass is 16.4. The van der Waals surface area contributed by atoms with Crippen LogP contribution in [0.4, 0.5) is 9.59 Å². The molecular formula is C10H20N4O6. The van der Waals surface area contributed by atoms with Gasteiger partial charge in [0.25, 0.3) is 0 Å². The van der Waals surface area contributed by atoms with Crippen molar-refractivity contribution < 1.29 is 29.4 Å². The van der Waals surface area contributed by atoms with Gasteiger partial charge in [-0.25, -0.2) is 19.2 Å². The fraction of sp³-hybridized carbons (Fsp3) is 0.200. The van der Waals surface area contributed by atoms with E-state index in [9.17, 15) is 9.59 Å². The molecule has 0 aromatic rings. The Kier molecular flexibility index (Phi) is 20.5.